The molecule has 1 heterocycles. The zero-order valence-corrected chi connectivity index (χ0v) is 8.36. The smallest absolute Gasteiger partial charge is 0.132 e. The van der Waals surface area contributed by atoms with Gasteiger partial charge in [0.2, 0.25) is 0 Å². The van der Waals surface area contributed by atoms with E-state index < -0.39 is 0 Å². The van der Waals surface area contributed by atoms with Crippen molar-refractivity contribution in [1.29, 1.82) is 0 Å². The fourth-order valence-corrected chi connectivity index (χ4v) is 1.43. The second kappa shape index (κ2) is 4.82. The lowest BCUT2D eigenvalue weighted by Crippen LogP contribution is -2.21. The highest BCUT2D eigenvalue weighted by Gasteiger charge is 2.11. The van der Waals surface area contributed by atoms with E-state index >= 15 is 0 Å². The largest absolute Gasteiger partial charge is 0.495 e. The second-order valence-electron chi connectivity index (χ2n) is 3.47. The van der Waals surface area contributed by atoms with Gasteiger partial charge < -0.3 is 9.47 Å². The van der Waals surface area contributed by atoms with Crippen LogP contribution in [0.1, 0.15) is 12.8 Å². The Morgan fingerprint density at radius 3 is 2.80 bits per heavy atom. The van der Waals surface area contributed by atoms with Crippen LogP contribution in [-0.4, -0.2) is 12.7 Å². The summed E-state index contributed by atoms with van der Waals surface area (Å²) in [5.74, 6) is 0.425. The monoisotopic (exact) mass is 208 g/mol. The average Bonchev–Trinajstić information content (AvgIpc) is 2.30. The summed E-state index contributed by atoms with van der Waals surface area (Å²) < 4.78 is 23.4. The van der Waals surface area contributed by atoms with Gasteiger partial charge in [0, 0.05) is 0 Å². The maximum absolute atomic E-state index is 12.6. The standard InChI is InChI=1S/C12H13FO2/c13-10-4-6-11(7-5-10)15-9-12-3-1-2-8-14-12/h2,4-8,12H,1,3,9H2. The second-order valence-corrected chi connectivity index (χ2v) is 3.47. The van der Waals surface area contributed by atoms with Crippen LogP contribution < -0.4 is 4.74 Å². The molecule has 0 bridgehead atoms. The summed E-state index contributed by atoms with van der Waals surface area (Å²) in [7, 11) is 0. The van der Waals surface area contributed by atoms with E-state index in [0.717, 1.165) is 12.8 Å². The summed E-state index contributed by atoms with van der Waals surface area (Å²) >= 11 is 0. The summed E-state index contributed by atoms with van der Waals surface area (Å²) in [4.78, 5) is 0. The van der Waals surface area contributed by atoms with E-state index in [0.29, 0.717) is 12.4 Å². The third-order valence-electron chi connectivity index (χ3n) is 2.27. The van der Waals surface area contributed by atoms with Crippen LogP contribution >= 0.6 is 0 Å². The highest BCUT2D eigenvalue weighted by molar-refractivity contribution is 5.22. The summed E-state index contributed by atoms with van der Waals surface area (Å²) in [6.45, 7) is 0.510. The van der Waals surface area contributed by atoms with Crippen LogP contribution in [-0.2, 0) is 4.74 Å². The summed E-state index contributed by atoms with van der Waals surface area (Å²) in [5.41, 5.74) is 0. The maximum atomic E-state index is 12.6. The van der Waals surface area contributed by atoms with Crippen molar-refractivity contribution in [2.45, 2.75) is 18.9 Å². The van der Waals surface area contributed by atoms with Gasteiger partial charge in [0.1, 0.15) is 24.3 Å². The molecule has 0 spiro atoms. The van der Waals surface area contributed by atoms with Crippen molar-refractivity contribution in [3.05, 3.63) is 42.4 Å². The summed E-state index contributed by atoms with van der Waals surface area (Å²) in [5, 5.41) is 0. The van der Waals surface area contributed by atoms with Crippen LogP contribution in [0, 0.1) is 5.82 Å². The van der Waals surface area contributed by atoms with Crippen molar-refractivity contribution < 1.29 is 13.9 Å². The zero-order valence-electron chi connectivity index (χ0n) is 8.36. The van der Waals surface area contributed by atoms with E-state index in [1.54, 1.807) is 18.4 Å². The van der Waals surface area contributed by atoms with Gasteiger partial charge in [-0.05, 0) is 43.2 Å². The number of allylic oxidation sites excluding steroid dienone is 1. The highest BCUT2D eigenvalue weighted by Crippen LogP contribution is 2.15. The topological polar surface area (TPSA) is 18.5 Å². The normalized spacial score (nSPS) is 19.7. The third-order valence-corrected chi connectivity index (χ3v) is 2.27. The summed E-state index contributed by atoms with van der Waals surface area (Å²) in [6, 6.07) is 6.01. The molecule has 2 nitrogen and oxygen atoms in total. The molecule has 1 unspecified atom stereocenters. The van der Waals surface area contributed by atoms with Crippen molar-refractivity contribution in [2.75, 3.05) is 6.61 Å². The Balaban J connectivity index is 1.82. The van der Waals surface area contributed by atoms with Crippen molar-refractivity contribution >= 4 is 0 Å². The first-order chi connectivity index (χ1) is 7.34. The van der Waals surface area contributed by atoms with Crippen LogP contribution in [0.2, 0.25) is 0 Å². The lowest BCUT2D eigenvalue weighted by molar-refractivity contribution is 0.0732. The molecule has 15 heavy (non-hydrogen) atoms. The highest BCUT2D eigenvalue weighted by atomic mass is 19.1. The SMILES string of the molecule is Fc1ccc(OCC2CCC=CO2)cc1. The van der Waals surface area contributed by atoms with E-state index in [2.05, 4.69) is 0 Å². The van der Waals surface area contributed by atoms with Gasteiger partial charge in [-0.1, -0.05) is 0 Å². The number of hydrogen-bond donors (Lipinski definition) is 0. The predicted molar refractivity (Wildman–Crippen MR) is 55.1 cm³/mol. The molecule has 1 aliphatic rings. The van der Waals surface area contributed by atoms with Crippen LogP contribution in [0.15, 0.2) is 36.6 Å². The number of benzene rings is 1. The minimum Gasteiger partial charge on any atom is -0.495 e. The fraction of sp³-hybridized carbons (Fsp3) is 0.333. The zero-order chi connectivity index (χ0) is 10.5. The lowest BCUT2D eigenvalue weighted by Gasteiger charge is -2.19. The minimum absolute atomic E-state index is 0.111. The van der Waals surface area contributed by atoms with Gasteiger partial charge in [0.15, 0.2) is 0 Å². The van der Waals surface area contributed by atoms with Crippen molar-refractivity contribution in [3.63, 3.8) is 0 Å². The molecule has 1 aromatic carbocycles. The van der Waals surface area contributed by atoms with E-state index in [1.165, 1.54) is 12.1 Å². The lowest BCUT2D eigenvalue weighted by atomic mass is 10.2. The quantitative estimate of drug-likeness (QED) is 0.760. The Bertz CT molecular complexity index is 332. The predicted octanol–water partition coefficient (Wildman–Crippen LogP) is 2.90. The molecular weight excluding hydrogens is 195 g/mol. The average molecular weight is 208 g/mol. The maximum Gasteiger partial charge on any atom is 0.132 e. The van der Waals surface area contributed by atoms with Crippen LogP contribution in [0.5, 0.6) is 5.75 Å². The number of rotatable bonds is 3. The van der Waals surface area contributed by atoms with E-state index in [9.17, 15) is 4.39 Å². The van der Waals surface area contributed by atoms with Crippen molar-refractivity contribution in [1.82, 2.24) is 0 Å². The molecule has 0 saturated heterocycles. The Morgan fingerprint density at radius 1 is 1.33 bits per heavy atom. The minimum atomic E-state index is -0.251. The molecule has 80 valence electrons. The molecule has 1 aliphatic heterocycles. The van der Waals surface area contributed by atoms with E-state index in [1.807, 2.05) is 6.08 Å². The fourth-order valence-electron chi connectivity index (χ4n) is 1.43. The van der Waals surface area contributed by atoms with Crippen molar-refractivity contribution in [3.8, 4) is 5.75 Å². The van der Waals surface area contributed by atoms with E-state index in [-0.39, 0.29) is 11.9 Å². The number of halogens is 1. The Labute approximate surface area is 88.3 Å². The number of ether oxygens (including phenoxy) is 2. The summed E-state index contributed by atoms with van der Waals surface area (Å²) in [6.07, 6.45) is 5.81. The molecule has 0 radical (unpaired) electrons. The first-order valence-corrected chi connectivity index (χ1v) is 5.03. The molecule has 0 amide bonds. The Morgan fingerprint density at radius 2 is 2.13 bits per heavy atom. The molecular formula is C12H13FO2. The molecule has 0 aliphatic carbocycles. The van der Waals surface area contributed by atoms with Crippen LogP contribution in [0.3, 0.4) is 0 Å². The molecule has 2 rings (SSSR count). The van der Waals surface area contributed by atoms with Gasteiger partial charge in [0.25, 0.3) is 0 Å². The third kappa shape index (κ3) is 2.98. The van der Waals surface area contributed by atoms with Gasteiger partial charge in [-0.3, -0.25) is 0 Å². The van der Waals surface area contributed by atoms with Crippen LogP contribution in [0.25, 0.3) is 0 Å². The molecule has 0 aromatic heterocycles. The molecule has 0 fully saturated rings. The van der Waals surface area contributed by atoms with E-state index in [4.69, 9.17) is 9.47 Å². The molecule has 3 heteroatoms. The van der Waals surface area contributed by atoms with Crippen molar-refractivity contribution in [2.24, 2.45) is 0 Å². The van der Waals surface area contributed by atoms with Gasteiger partial charge in [-0.2, -0.15) is 0 Å². The van der Waals surface area contributed by atoms with Gasteiger partial charge >= 0.3 is 0 Å². The van der Waals surface area contributed by atoms with Gasteiger partial charge in [-0.25, -0.2) is 4.39 Å². The Hall–Kier alpha value is -1.51. The first-order valence-electron chi connectivity index (χ1n) is 5.03. The molecule has 1 atom stereocenters. The van der Waals surface area contributed by atoms with Gasteiger partial charge in [0.05, 0.1) is 6.26 Å². The first kappa shape index (κ1) is 10.0. The van der Waals surface area contributed by atoms with Crippen LogP contribution in [0.4, 0.5) is 4.39 Å². The number of hydrogen-bond acceptors (Lipinski definition) is 2. The molecule has 0 saturated carbocycles. The Kier molecular flexibility index (Phi) is 3.22. The molecule has 1 aromatic rings. The van der Waals surface area contributed by atoms with Gasteiger partial charge in [-0.15, -0.1) is 0 Å². The molecule has 0 N–H and O–H groups in total.